The number of methoxy groups -OCH3 is 2. The van der Waals surface area contributed by atoms with E-state index in [1.165, 1.54) is 13.2 Å². The van der Waals surface area contributed by atoms with Gasteiger partial charge >= 0.3 is 0 Å². The van der Waals surface area contributed by atoms with Crippen molar-refractivity contribution >= 4 is 10.0 Å². The number of hydrogen-bond donors (Lipinski definition) is 2. The van der Waals surface area contributed by atoms with Gasteiger partial charge in [-0.3, -0.25) is 0 Å². The molecule has 6 nitrogen and oxygen atoms in total. The Kier molecular flexibility index (Phi) is 7.10. The van der Waals surface area contributed by atoms with Gasteiger partial charge in [-0.05, 0) is 24.1 Å². The highest BCUT2D eigenvalue weighted by atomic mass is 32.2. The fraction of sp³-hybridized carbons (Fsp3) is 0.571. The minimum Gasteiger partial charge on any atom is -0.495 e. The molecule has 1 rings (SSSR count). The van der Waals surface area contributed by atoms with Gasteiger partial charge in [0, 0.05) is 19.7 Å². The highest BCUT2D eigenvalue weighted by Crippen LogP contribution is 2.25. The number of benzene rings is 1. The van der Waals surface area contributed by atoms with Crippen molar-refractivity contribution in [3.63, 3.8) is 0 Å². The molecule has 1 atom stereocenters. The third-order valence-corrected chi connectivity index (χ3v) is 4.62. The van der Waals surface area contributed by atoms with Crippen LogP contribution in [0.5, 0.6) is 5.75 Å². The largest absolute Gasteiger partial charge is 0.495 e. The lowest BCUT2D eigenvalue weighted by atomic mass is 10.2. The summed E-state index contributed by atoms with van der Waals surface area (Å²) >= 11 is 0. The molecule has 3 N–H and O–H groups in total. The van der Waals surface area contributed by atoms with Gasteiger partial charge in [0.05, 0.1) is 13.7 Å². The lowest BCUT2D eigenvalue weighted by molar-refractivity contribution is 0.171. The van der Waals surface area contributed by atoms with Crippen molar-refractivity contribution in [1.82, 2.24) is 4.72 Å². The van der Waals surface area contributed by atoms with E-state index in [1.54, 1.807) is 19.2 Å². The molecule has 0 bridgehead atoms. The zero-order valence-corrected chi connectivity index (χ0v) is 13.6. The van der Waals surface area contributed by atoms with E-state index in [1.807, 2.05) is 6.92 Å². The molecule has 1 unspecified atom stereocenters. The molecule has 0 spiro atoms. The average molecular weight is 316 g/mol. The topological polar surface area (TPSA) is 90.7 Å². The summed E-state index contributed by atoms with van der Waals surface area (Å²) in [6.07, 6.45) is 1.56. The van der Waals surface area contributed by atoms with Crippen LogP contribution < -0.4 is 15.2 Å². The molecule has 1 aromatic carbocycles. The van der Waals surface area contributed by atoms with Crippen LogP contribution in [0.2, 0.25) is 0 Å². The van der Waals surface area contributed by atoms with Crippen molar-refractivity contribution in [1.29, 1.82) is 0 Å². The fourth-order valence-electron chi connectivity index (χ4n) is 2.07. The first-order chi connectivity index (χ1) is 9.98. The van der Waals surface area contributed by atoms with Crippen LogP contribution in [0.3, 0.4) is 0 Å². The highest BCUT2D eigenvalue weighted by Gasteiger charge is 2.23. The Balaban J connectivity index is 3.10. The molecule has 0 aliphatic rings. The van der Waals surface area contributed by atoms with E-state index in [0.29, 0.717) is 18.8 Å². The third kappa shape index (κ3) is 4.96. The molecule has 0 radical (unpaired) electrons. The molecule has 21 heavy (non-hydrogen) atoms. The molecule has 7 heteroatoms. The first-order valence-electron chi connectivity index (χ1n) is 6.86. The Morgan fingerprint density at radius 1 is 1.33 bits per heavy atom. The van der Waals surface area contributed by atoms with E-state index in [4.69, 9.17) is 15.2 Å². The Morgan fingerprint density at radius 2 is 2.05 bits per heavy atom. The summed E-state index contributed by atoms with van der Waals surface area (Å²) in [6.45, 7) is 2.58. The van der Waals surface area contributed by atoms with Crippen LogP contribution in [0, 0.1) is 0 Å². The summed E-state index contributed by atoms with van der Waals surface area (Å²) in [6, 6.07) is 4.63. The van der Waals surface area contributed by atoms with Gasteiger partial charge in [0.25, 0.3) is 0 Å². The predicted octanol–water partition coefficient (Wildman–Crippen LogP) is 1.25. The summed E-state index contributed by atoms with van der Waals surface area (Å²) in [5.41, 5.74) is 6.31. The van der Waals surface area contributed by atoms with Gasteiger partial charge in [-0.2, -0.15) is 0 Å². The predicted molar refractivity (Wildman–Crippen MR) is 81.8 cm³/mol. The van der Waals surface area contributed by atoms with Gasteiger partial charge in [-0.25, -0.2) is 13.1 Å². The maximum absolute atomic E-state index is 12.6. The monoisotopic (exact) mass is 316 g/mol. The van der Waals surface area contributed by atoms with E-state index in [2.05, 4.69) is 4.72 Å². The van der Waals surface area contributed by atoms with Crippen LogP contribution in [0.25, 0.3) is 0 Å². The van der Waals surface area contributed by atoms with Gasteiger partial charge in [0.1, 0.15) is 10.6 Å². The molecule has 1 aromatic rings. The van der Waals surface area contributed by atoms with Gasteiger partial charge in [0.15, 0.2) is 0 Å². The lowest BCUT2D eigenvalue weighted by Crippen LogP contribution is -2.38. The van der Waals surface area contributed by atoms with Gasteiger partial charge < -0.3 is 15.2 Å². The van der Waals surface area contributed by atoms with Crippen molar-refractivity contribution in [2.75, 3.05) is 20.8 Å². The molecule has 0 heterocycles. The Bertz CT molecular complexity index is 540. The van der Waals surface area contributed by atoms with E-state index >= 15 is 0 Å². The van der Waals surface area contributed by atoms with Gasteiger partial charge in [-0.1, -0.05) is 19.4 Å². The van der Waals surface area contributed by atoms with Crippen LogP contribution in [0.1, 0.15) is 25.3 Å². The maximum Gasteiger partial charge on any atom is 0.244 e. The molecule has 0 aliphatic heterocycles. The van der Waals surface area contributed by atoms with Crippen molar-refractivity contribution < 1.29 is 17.9 Å². The highest BCUT2D eigenvalue weighted by molar-refractivity contribution is 7.89. The lowest BCUT2D eigenvalue weighted by Gasteiger charge is -2.18. The second-order valence-corrected chi connectivity index (χ2v) is 6.43. The molecular weight excluding hydrogens is 292 g/mol. The summed E-state index contributed by atoms with van der Waals surface area (Å²) in [4.78, 5) is 0.102. The quantitative estimate of drug-likeness (QED) is 0.715. The summed E-state index contributed by atoms with van der Waals surface area (Å²) in [7, 11) is -0.702. The van der Waals surface area contributed by atoms with Gasteiger partial charge in [-0.15, -0.1) is 0 Å². The zero-order valence-electron chi connectivity index (χ0n) is 12.8. The molecule has 0 fully saturated rings. The smallest absolute Gasteiger partial charge is 0.244 e. The Labute approximate surface area is 126 Å². The zero-order chi connectivity index (χ0) is 15.9. The summed E-state index contributed by atoms with van der Waals surface area (Å²) in [5.74, 6) is 0.298. The second kappa shape index (κ2) is 8.33. The molecule has 120 valence electrons. The molecular formula is C14H24N2O4S. The van der Waals surface area contributed by atoms with Gasteiger partial charge in [0.2, 0.25) is 10.0 Å². The van der Waals surface area contributed by atoms with Crippen LogP contribution in [0.15, 0.2) is 23.1 Å². The van der Waals surface area contributed by atoms with E-state index in [-0.39, 0.29) is 17.5 Å². The molecule has 0 aliphatic carbocycles. The van der Waals surface area contributed by atoms with Crippen LogP contribution in [-0.2, 0) is 21.3 Å². The molecule has 0 saturated carbocycles. The number of rotatable bonds is 9. The molecule has 0 aromatic heterocycles. The minimum atomic E-state index is -3.69. The first kappa shape index (κ1) is 17.9. The molecule has 0 saturated heterocycles. The molecule has 0 amide bonds. The van der Waals surface area contributed by atoms with E-state index in [0.717, 1.165) is 12.0 Å². The van der Waals surface area contributed by atoms with Crippen LogP contribution >= 0.6 is 0 Å². The number of sulfonamides is 1. The Morgan fingerprint density at radius 3 is 2.57 bits per heavy atom. The number of ether oxygens (including phenoxy) is 2. The van der Waals surface area contributed by atoms with Crippen LogP contribution in [0.4, 0.5) is 0 Å². The third-order valence-electron chi connectivity index (χ3n) is 3.08. The maximum atomic E-state index is 12.6. The van der Waals surface area contributed by atoms with Crippen molar-refractivity contribution in [3.8, 4) is 5.75 Å². The van der Waals surface area contributed by atoms with Crippen molar-refractivity contribution in [2.45, 2.75) is 37.2 Å². The number of nitrogens with one attached hydrogen (secondary N) is 1. The van der Waals surface area contributed by atoms with Crippen molar-refractivity contribution in [2.24, 2.45) is 5.73 Å². The normalized spacial score (nSPS) is 13.1. The fourth-order valence-corrected chi connectivity index (χ4v) is 3.54. The minimum absolute atomic E-state index is 0.102. The number of hydrogen-bond acceptors (Lipinski definition) is 5. The average Bonchev–Trinajstić information content (AvgIpc) is 2.46. The second-order valence-electron chi connectivity index (χ2n) is 4.75. The van der Waals surface area contributed by atoms with E-state index < -0.39 is 10.0 Å². The van der Waals surface area contributed by atoms with E-state index in [9.17, 15) is 8.42 Å². The Hall–Kier alpha value is -1.15. The van der Waals surface area contributed by atoms with Crippen LogP contribution in [-0.4, -0.2) is 35.3 Å². The van der Waals surface area contributed by atoms with Crippen molar-refractivity contribution in [3.05, 3.63) is 23.8 Å². The summed E-state index contributed by atoms with van der Waals surface area (Å²) in [5, 5.41) is 0. The summed E-state index contributed by atoms with van der Waals surface area (Å²) < 4.78 is 38.0. The SMILES string of the molecule is CCCC(COC)NS(=O)(=O)c1cc(CN)ccc1OC. The number of nitrogens with two attached hydrogens (primary N) is 1. The first-order valence-corrected chi connectivity index (χ1v) is 8.35. The standard InChI is InChI=1S/C14H24N2O4S/c1-4-5-12(10-19-2)16-21(17,18)14-8-11(9-15)6-7-13(14)20-3/h6-8,12,16H,4-5,9-10,15H2,1-3H3.